The molecule has 1 aliphatic rings. The fourth-order valence-corrected chi connectivity index (χ4v) is 3.53. The fourth-order valence-electron chi connectivity index (χ4n) is 3.53. The number of benzene rings is 1. The number of aryl methyl sites for hydroxylation is 1. The molecule has 1 saturated heterocycles. The maximum Gasteiger partial charge on any atom is 0.239 e. The van der Waals surface area contributed by atoms with Crippen LogP contribution in [0.1, 0.15) is 29.3 Å². The summed E-state index contributed by atoms with van der Waals surface area (Å²) in [4.78, 5) is 0. The number of aliphatic hydroxyl groups excluding tert-OH is 4. The van der Waals surface area contributed by atoms with Gasteiger partial charge in [-0.1, -0.05) is 37.3 Å². The molecule has 1 unspecified atom stereocenters. The maximum atomic E-state index is 10.3. The van der Waals surface area contributed by atoms with Gasteiger partial charge in [-0.2, -0.15) is 0 Å². The number of allylic oxidation sites excluding steroid dienone is 1. The van der Waals surface area contributed by atoms with Gasteiger partial charge in [0.1, 0.15) is 24.4 Å². The predicted octanol–water partition coefficient (Wildman–Crippen LogP) is 0.709. The van der Waals surface area contributed by atoms with Crippen LogP contribution in [0.3, 0.4) is 0 Å². The lowest BCUT2D eigenvalue weighted by atomic mass is 9.99. The molecular formula is C22H30N2O6. The van der Waals surface area contributed by atoms with Crippen molar-refractivity contribution in [1.29, 1.82) is 0 Å². The molecule has 1 aromatic heterocycles. The Morgan fingerprint density at radius 1 is 1.13 bits per heavy atom. The summed E-state index contributed by atoms with van der Waals surface area (Å²) in [7, 11) is 0. The topological polar surface area (TPSA) is 117 Å². The van der Waals surface area contributed by atoms with Gasteiger partial charge in [0.15, 0.2) is 0 Å². The van der Waals surface area contributed by atoms with E-state index < -0.39 is 37.3 Å². The van der Waals surface area contributed by atoms with Gasteiger partial charge in [-0.25, -0.2) is 0 Å². The monoisotopic (exact) mass is 418 g/mol. The van der Waals surface area contributed by atoms with Crippen LogP contribution in [-0.2, 0) is 24.1 Å². The first-order chi connectivity index (χ1) is 14.4. The van der Waals surface area contributed by atoms with Crippen LogP contribution in [0.5, 0.6) is 5.88 Å². The molecule has 8 heteroatoms. The van der Waals surface area contributed by atoms with E-state index in [0.717, 1.165) is 23.2 Å². The number of rotatable bonds is 8. The minimum Gasteiger partial charge on any atom is -0.443 e. The Hall–Kier alpha value is -2.23. The molecule has 0 amide bonds. The summed E-state index contributed by atoms with van der Waals surface area (Å²) in [6.07, 6.45) is -3.55. The molecular weight excluding hydrogens is 388 g/mol. The van der Waals surface area contributed by atoms with E-state index in [1.54, 1.807) is 10.8 Å². The quantitative estimate of drug-likeness (QED) is 0.467. The molecule has 2 heterocycles. The first-order valence-electron chi connectivity index (χ1n) is 10.1. The van der Waals surface area contributed by atoms with E-state index in [9.17, 15) is 20.4 Å². The summed E-state index contributed by atoms with van der Waals surface area (Å²) in [6.45, 7) is 7.73. The fraction of sp³-hybridized carbons (Fsp3) is 0.500. The van der Waals surface area contributed by atoms with E-state index in [4.69, 9.17) is 9.47 Å². The van der Waals surface area contributed by atoms with Crippen molar-refractivity contribution in [2.75, 3.05) is 6.61 Å². The molecule has 0 saturated carbocycles. The number of aromatic nitrogens is 2. The van der Waals surface area contributed by atoms with E-state index in [1.165, 1.54) is 5.56 Å². The van der Waals surface area contributed by atoms with Crippen LogP contribution in [0, 0.1) is 6.92 Å². The predicted molar refractivity (Wildman–Crippen MR) is 110 cm³/mol. The molecule has 5 atom stereocenters. The van der Waals surface area contributed by atoms with Gasteiger partial charge in [-0.3, -0.25) is 4.68 Å². The summed E-state index contributed by atoms with van der Waals surface area (Å²) >= 11 is 0. The highest BCUT2D eigenvalue weighted by Crippen LogP contribution is 2.29. The largest absolute Gasteiger partial charge is 0.443 e. The van der Waals surface area contributed by atoms with Crippen molar-refractivity contribution < 1.29 is 29.9 Å². The zero-order chi connectivity index (χ0) is 21.8. The number of nitrogens with zero attached hydrogens (tertiary/aromatic N) is 2. The average Bonchev–Trinajstić information content (AvgIpc) is 3.03. The highest BCUT2D eigenvalue weighted by Gasteiger charge is 2.45. The third-order valence-electron chi connectivity index (χ3n) is 5.48. The van der Waals surface area contributed by atoms with Crippen LogP contribution in [0.4, 0.5) is 0 Å². The van der Waals surface area contributed by atoms with Gasteiger partial charge in [0, 0.05) is 17.7 Å². The molecule has 0 bridgehead atoms. The van der Waals surface area contributed by atoms with Crippen molar-refractivity contribution in [3.05, 3.63) is 59.3 Å². The van der Waals surface area contributed by atoms with Crippen LogP contribution in [-0.4, -0.2) is 67.5 Å². The Morgan fingerprint density at radius 3 is 2.40 bits per heavy atom. The van der Waals surface area contributed by atoms with Crippen molar-refractivity contribution in [3.8, 4) is 5.88 Å². The Morgan fingerprint density at radius 2 is 1.80 bits per heavy atom. The molecule has 1 aliphatic heterocycles. The molecule has 8 nitrogen and oxygen atoms in total. The molecule has 0 spiro atoms. The summed E-state index contributed by atoms with van der Waals surface area (Å²) in [5.41, 5.74) is 4.02. The Labute approximate surface area is 176 Å². The van der Waals surface area contributed by atoms with E-state index in [1.807, 2.05) is 6.92 Å². The van der Waals surface area contributed by atoms with E-state index in [0.29, 0.717) is 13.0 Å². The number of hydrogen-bond donors (Lipinski definition) is 4. The maximum absolute atomic E-state index is 10.3. The molecule has 1 aromatic carbocycles. The number of hydrogen-bond acceptors (Lipinski definition) is 7. The SMILES string of the molecule is C=CCn1nc(OC2O[C@H](CO)[C@@H](O)[C@H](O)[C@H]2O)c(Cc2ccc(CC)cc2)c1C. The van der Waals surface area contributed by atoms with Crippen molar-refractivity contribution in [2.24, 2.45) is 0 Å². The zero-order valence-corrected chi connectivity index (χ0v) is 17.3. The second kappa shape index (κ2) is 9.72. The summed E-state index contributed by atoms with van der Waals surface area (Å²) in [5, 5.41) is 44.2. The highest BCUT2D eigenvalue weighted by atomic mass is 16.7. The smallest absolute Gasteiger partial charge is 0.239 e. The highest BCUT2D eigenvalue weighted by molar-refractivity contribution is 5.37. The first kappa shape index (κ1) is 22.5. The lowest BCUT2D eigenvalue weighted by molar-refractivity contribution is -0.278. The van der Waals surface area contributed by atoms with Crippen molar-refractivity contribution in [2.45, 2.75) is 63.9 Å². The molecule has 4 N–H and O–H groups in total. The van der Waals surface area contributed by atoms with E-state index in [-0.39, 0.29) is 5.88 Å². The lowest BCUT2D eigenvalue weighted by Crippen LogP contribution is -2.60. The van der Waals surface area contributed by atoms with Gasteiger partial charge in [0.25, 0.3) is 0 Å². The summed E-state index contributed by atoms with van der Waals surface area (Å²) in [5.74, 6) is 0.262. The first-order valence-corrected chi connectivity index (χ1v) is 10.1. The second-order valence-electron chi connectivity index (χ2n) is 7.50. The molecule has 0 radical (unpaired) electrons. The van der Waals surface area contributed by atoms with Gasteiger partial charge in [-0.15, -0.1) is 11.7 Å². The van der Waals surface area contributed by atoms with Gasteiger partial charge in [0.2, 0.25) is 12.2 Å². The van der Waals surface area contributed by atoms with Gasteiger partial charge in [-0.05, 0) is 24.5 Å². The summed E-state index contributed by atoms with van der Waals surface area (Å²) in [6, 6.07) is 8.27. The van der Waals surface area contributed by atoms with Gasteiger partial charge < -0.3 is 29.9 Å². The second-order valence-corrected chi connectivity index (χ2v) is 7.50. The van der Waals surface area contributed by atoms with Crippen molar-refractivity contribution in [1.82, 2.24) is 9.78 Å². The third kappa shape index (κ3) is 4.58. The van der Waals surface area contributed by atoms with Crippen molar-refractivity contribution >= 4 is 0 Å². The van der Waals surface area contributed by atoms with Crippen molar-refractivity contribution in [3.63, 3.8) is 0 Å². The van der Waals surface area contributed by atoms with E-state index in [2.05, 4.69) is 42.9 Å². The van der Waals surface area contributed by atoms with Crippen LogP contribution in [0.25, 0.3) is 0 Å². The normalized spacial score (nSPS) is 26.5. The summed E-state index contributed by atoms with van der Waals surface area (Å²) < 4.78 is 13.1. The minimum absolute atomic E-state index is 0.262. The zero-order valence-electron chi connectivity index (χ0n) is 17.3. The lowest BCUT2D eigenvalue weighted by Gasteiger charge is -2.39. The molecule has 3 rings (SSSR count). The average molecular weight is 418 g/mol. The molecule has 1 fully saturated rings. The molecule has 2 aromatic rings. The Bertz CT molecular complexity index is 848. The number of aliphatic hydroxyl groups is 4. The minimum atomic E-state index is -1.51. The Balaban J connectivity index is 1.89. The third-order valence-corrected chi connectivity index (χ3v) is 5.48. The number of ether oxygens (including phenoxy) is 2. The Kier molecular flexibility index (Phi) is 7.27. The molecule has 164 valence electrons. The molecule has 30 heavy (non-hydrogen) atoms. The molecule has 0 aliphatic carbocycles. The standard InChI is InChI=1S/C22H30N2O6/c1-4-10-24-13(3)16(11-15-8-6-14(5-2)7-9-15)21(23-24)30-22-20(28)19(27)18(26)17(12-25)29-22/h4,6-9,17-20,22,25-28H,1,5,10-12H2,2-3H3/t17-,18-,19+,20-,22?/m1/s1. The van der Waals surface area contributed by atoms with Gasteiger partial charge >= 0.3 is 0 Å². The van der Waals surface area contributed by atoms with Gasteiger partial charge in [0.05, 0.1) is 13.2 Å². The van der Waals surface area contributed by atoms with E-state index >= 15 is 0 Å². The van der Waals surface area contributed by atoms with Crippen LogP contribution in [0.15, 0.2) is 36.9 Å². The van der Waals surface area contributed by atoms with Crippen LogP contribution >= 0.6 is 0 Å². The van der Waals surface area contributed by atoms with Crippen LogP contribution < -0.4 is 4.74 Å². The van der Waals surface area contributed by atoms with Crippen LogP contribution in [0.2, 0.25) is 0 Å².